The van der Waals surface area contributed by atoms with E-state index in [1.165, 1.54) is 6.42 Å². The first-order valence-electron chi connectivity index (χ1n) is 11.1. The summed E-state index contributed by atoms with van der Waals surface area (Å²) in [5.41, 5.74) is -0.585. The fourth-order valence-corrected chi connectivity index (χ4v) is 4.28. The molecule has 1 saturated carbocycles. The summed E-state index contributed by atoms with van der Waals surface area (Å²) in [5.74, 6) is 1.40. The molecular formula is C24H30N2O5. The number of nitrogens with zero attached hydrogens (tertiary/aromatic N) is 1. The number of fused-ring (bicyclic) bond motifs is 1. The van der Waals surface area contributed by atoms with Crippen LogP contribution in [0, 0.1) is 0 Å². The van der Waals surface area contributed by atoms with Crippen molar-refractivity contribution in [2.24, 2.45) is 0 Å². The van der Waals surface area contributed by atoms with E-state index in [1.807, 2.05) is 19.9 Å². The lowest BCUT2D eigenvalue weighted by Gasteiger charge is -2.40. The minimum absolute atomic E-state index is 0.123. The van der Waals surface area contributed by atoms with Gasteiger partial charge in [0, 0.05) is 11.6 Å². The van der Waals surface area contributed by atoms with Crippen molar-refractivity contribution in [3.63, 3.8) is 0 Å². The fraction of sp³-hybridized carbons (Fsp3) is 0.500. The molecule has 1 fully saturated rings. The van der Waals surface area contributed by atoms with E-state index < -0.39 is 5.54 Å². The molecule has 0 bridgehead atoms. The Morgan fingerprint density at radius 1 is 1.13 bits per heavy atom. The van der Waals surface area contributed by atoms with Crippen LogP contribution in [0.5, 0.6) is 11.5 Å². The fourth-order valence-electron chi connectivity index (χ4n) is 4.28. The SMILES string of the molecule is CC[C@@](C)(C(=O)NC1CCCCC1)N(Cc1ccco1)C(=O)c1ccc2c(c1)OCO2. The van der Waals surface area contributed by atoms with Gasteiger partial charge in [0.25, 0.3) is 5.91 Å². The third kappa shape index (κ3) is 4.40. The molecule has 4 rings (SSSR count). The van der Waals surface area contributed by atoms with Crippen molar-refractivity contribution in [3.8, 4) is 11.5 Å². The van der Waals surface area contributed by atoms with E-state index in [1.54, 1.807) is 35.4 Å². The Hall–Kier alpha value is -2.96. The lowest BCUT2D eigenvalue weighted by molar-refractivity contribution is -0.133. The summed E-state index contributed by atoms with van der Waals surface area (Å²) in [6, 6.07) is 8.87. The van der Waals surface area contributed by atoms with Gasteiger partial charge in [-0.15, -0.1) is 0 Å². The third-order valence-electron chi connectivity index (χ3n) is 6.47. The lowest BCUT2D eigenvalue weighted by Crippen LogP contribution is -2.59. The van der Waals surface area contributed by atoms with Gasteiger partial charge in [-0.1, -0.05) is 26.2 Å². The maximum absolute atomic E-state index is 13.7. The van der Waals surface area contributed by atoms with Crippen molar-refractivity contribution in [1.82, 2.24) is 10.2 Å². The van der Waals surface area contributed by atoms with Crippen LogP contribution in [0.15, 0.2) is 41.0 Å². The van der Waals surface area contributed by atoms with Crippen LogP contribution < -0.4 is 14.8 Å². The Balaban J connectivity index is 1.63. The highest BCUT2D eigenvalue weighted by Gasteiger charge is 2.42. The molecule has 1 atom stereocenters. The van der Waals surface area contributed by atoms with E-state index in [-0.39, 0.29) is 31.2 Å². The van der Waals surface area contributed by atoms with E-state index in [9.17, 15) is 9.59 Å². The minimum atomic E-state index is -1.03. The van der Waals surface area contributed by atoms with Gasteiger partial charge < -0.3 is 24.1 Å². The average molecular weight is 427 g/mol. The maximum Gasteiger partial charge on any atom is 0.255 e. The Morgan fingerprint density at radius 2 is 1.90 bits per heavy atom. The number of furan rings is 1. The molecule has 0 saturated heterocycles. The molecule has 0 unspecified atom stereocenters. The van der Waals surface area contributed by atoms with E-state index in [4.69, 9.17) is 13.9 Å². The van der Waals surface area contributed by atoms with Crippen molar-refractivity contribution < 1.29 is 23.5 Å². The van der Waals surface area contributed by atoms with Crippen LogP contribution in [-0.4, -0.2) is 35.1 Å². The molecule has 2 amide bonds. The van der Waals surface area contributed by atoms with Crippen molar-refractivity contribution >= 4 is 11.8 Å². The largest absolute Gasteiger partial charge is 0.467 e. The quantitative estimate of drug-likeness (QED) is 0.715. The van der Waals surface area contributed by atoms with Crippen LogP contribution in [0.25, 0.3) is 0 Å². The topological polar surface area (TPSA) is 81.0 Å². The van der Waals surface area contributed by atoms with Gasteiger partial charge in [-0.2, -0.15) is 0 Å². The molecular weight excluding hydrogens is 396 g/mol. The van der Waals surface area contributed by atoms with E-state index in [0.717, 1.165) is 25.7 Å². The normalized spacial score (nSPS) is 17.7. The van der Waals surface area contributed by atoms with Crippen LogP contribution in [0.1, 0.15) is 68.5 Å². The number of nitrogens with one attached hydrogen (secondary N) is 1. The second-order valence-corrected chi connectivity index (χ2v) is 8.47. The monoisotopic (exact) mass is 426 g/mol. The van der Waals surface area contributed by atoms with Gasteiger partial charge in [-0.3, -0.25) is 9.59 Å². The first-order valence-corrected chi connectivity index (χ1v) is 11.1. The average Bonchev–Trinajstić information content (AvgIpc) is 3.48. The smallest absolute Gasteiger partial charge is 0.255 e. The molecule has 2 aliphatic rings. The summed E-state index contributed by atoms with van der Waals surface area (Å²) in [5, 5.41) is 3.21. The Labute approximate surface area is 182 Å². The van der Waals surface area contributed by atoms with Crippen LogP contribution in [0.2, 0.25) is 0 Å². The molecule has 7 nitrogen and oxygen atoms in total. The van der Waals surface area contributed by atoms with Gasteiger partial charge in [-0.05, 0) is 56.5 Å². The highest BCUT2D eigenvalue weighted by Crippen LogP contribution is 2.34. The number of carbonyl (C=O) groups is 2. The number of carbonyl (C=O) groups excluding carboxylic acids is 2. The van der Waals surface area contributed by atoms with Crippen molar-refractivity contribution in [2.75, 3.05) is 6.79 Å². The van der Waals surface area contributed by atoms with Gasteiger partial charge in [0.1, 0.15) is 11.3 Å². The van der Waals surface area contributed by atoms with Crippen LogP contribution >= 0.6 is 0 Å². The lowest BCUT2D eigenvalue weighted by atomic mass is 9.90. The predicted octanol–water partition coefficient (Wildman–Crippen LogP) is 4.27. The van der Waals surface area contributed by atoms with Crippen LogP contribution in [-0.2, 0) is 11.3 Å². The molecule has 31 heavy (non-hydrogen) atoms. The Morgan fingerprint density at radius 3 is 2.61 bits per heavy atom. The number of rotatable bonds is 7. The molecule has 1 N–H and O–H groups in total. The summed E-state index contributed by atoms with van der Waals surface area (Å²) in [7, 11) is 0. The predicted molar refractivity (Wildman–Crippen MR) is 115 cm³/mol. The standard InChI is InChI=1S/C24H30N2O5/c1-3-24(2,23(28)25-18-8-5-4-6-9-18)26(15-19-10-7-13-29-19)22(27)17-11-12-20-21(14-17)31-16-30-20/h7,10-14,18H,3-6,8-9,15-16H2,1-2H3,(H,25,28)/t24-/m0/s1. The van der Waals surface area contributed by atoms with E-state index in [2.05, 4.69) is 5.32 Å². The molecule has 1 aliphatic carbocycles. The molecule has 0 spiro atoms. The highest BCUT2D eigenvalue weighted by atomic mass is 16.7. The molecule has 7 heteroatoms. The number of amides is 2. The van der Waals surface area contributed by atoms with Gasteiger partial charge in [0.15, 0.2) is 11.5 Å². The van der Waals surface area contributed by atoms with Crippen molar-refractivity contribution in [1.29, 1.82) is 0 Å². The number of ether oxygens (including phenoxy) is 2. The van der Waals surface area contributed by atoms with E-state index >= 15 is 0 Å². The molecule has 1 aromatic heterocycles. The molecule has 166 valence electrons. The third-order valence-corrected chi connectivity index (χ3v) is 6.47. The summed E-state index contributed by atoms with van der Waals surface area (Å²) >= 11 is 0. The molecule has 2 heterocycles. The number of benzene rings is 1. The number of hydrogen-bond donors (Lipinski definition) is 1. The summed E-state index contributed by atoms with van der Waals surface area (Å²) in [4.78, 5) is 28.8. The first-order chi connectivity index (χ1) is 15.0. The molecule has 0 radical (unpaired) electrons. The molecule has 1 aliphatic heterocycles. The van der Waals surface area contributed by atoms with Gasteiger partial charge in [0.2, 0.25) is 12.7 Å². The van der Waals surface area contributed by atoms with Crippen molar-refractivity contribution in [3.05, 3.63) is 47.9 Å². The second kappa shape index (κ2) is 9.04. The highest BCUT2D eigenvalue weighted by molar-refractivity contribution is 5.99. The Bertz CT molecular complexity index is 920. The maximum atomic E-state index is 13.7. The van der Waals surface area contributed by atoms with Gasteiger partial charge in [0.05, 0.1) is 12.8 Å². The summed E-state index contributed by atoms with van der Waals surface area (Å²) in [6.45, 7) is 4.10. The van der Waals surface area contributed by atoms with Gasteiger partial charge in [-0.25, -0.2) is 0 Å². The molecule has 2 aromatic rings. The van der Waals surface area contributed by atoms with E-state index in [0.29, 0.717) is 29.2 Å². The van der Waals surface area contributed by atoms with Crippen molar-refractivity contribution in [2.45, 2.75) is 70.5 Å². The minimum Gasteiger partial charge on any atom is -0.467 e. The summed E-state index contributed by atoms with van der Waals surface area (Å²) < 4.78 is 16.3. The zero-order valence-electron chi connectivity index (χ0n) is 18.2. The van der Waals surface area contributed by atoms with Crippen LogP contribution in [0.3, 0.4) is 0 Å². The zero-order valence-corrected chi connectivity index (χ0v) is 18.2. The zero-order chi connectivity index (χ0) is 21.8. The second-order valence-electron chi connectivity index (χ2n) is 8.47. The Kier molecular flexibility index (Phi) is 6.20. The molecule has 1 aromatic carbocycles. The van der Waals surface area contributed by atoms with Crippen LogP contribution in [0.4, 0.5) is 0 Å². The summed E-state index contributed by atoms with van der Waals surface area (Å²) in [6.07, 6.45) is 7.48. The number of hydrogen-bond acceptors (Lipinski definition) is 5. The van der Waals surface area contributed by atoms with Gasteiger partial charge >= 0.3 is 0 Å². The first kappa shape index (κ1) is 21.3.